The summed E-state index contributed by atoms with van der Waals surface area (Å²) in [5, 5.41) is 0. The van der Waals surface area contributed by atoms with Crippen LogP contribution >= 0.6 is 0 Å². The molecule has 0 heterocycles. The third-order valence-electron chi connectivity index (χ3n) is 0.0625. The molecule has 0 atom stereocenters. The summed E-state index contributed by atoms with van der Waals surface area (Å²) >= 11 is 0. The molecule has 0 amide bonds. The van der Waals surface area contributed by atoms with Gasteiger partial charge in [-0.15, -0.1) is 0 Å². The van der Waals surface area contributed by atoms with Crippen molar-refractivity contribution in [2.45, 2.75) is 26.4 Å². The Labute approximate surface area is 41.9 Å². The molecule has 0 bridgehead atoms. The lowest BCUT2D eigenvalue weighted by Gasteiger charge is -1.68. The van der Waals surface area contributed by atoms with E-state index >= 15 is 0 Å². The normalized spacial score (nSPS) is 58.0. The maximum atomic E-state index is 7.01. The SMILES string of the molecule is [2H]C([2H])([2H])C([2H])([2H])C([2H])([2H])C([2H])([2H])[2H]. The van der Waals surface area contributed by atoms with Gasteiger partial charge in [-0.05, 0) is 0 Å². The zero-order chi connectivity index (χ0) is 12.0. The van der Waals surface area contributed by atoms with Gasteiger partial charge in [-0.3, -0.25) is 0 Å². The number of hydrogen-bond donors (Lipinski definition) is 0. The van der Waals surface area contributed by atoms with E-state index in [1.54, 1.807) is 0 Å². The van der Waals surface area contributed by atoms with E-state index in [9.17, 15) is 0 Å². The minimum atomic E-state index is -3.41. The van der Waals surface area contributed by atoms with E-state index < -0.39 is 26.4 Å². The van der Waals surface area contributed by atoms with Crippen molar-refractivity contribution in [1.82, 2.24) is 0 Å². The second-order valence-corrected chi connectivity index (χ2v) is 0.250. The van der Waals surface area contributed by atoms with Crippen LogP contribution in [0.1, 0.15) is 40.2 Å². The van der Waals surface area contributed by atoms with E-state index in [0.29, 0.717) is 0 Å². The fraction of sp³-hybridized carbons (Fsp3) is 1.00. The molecule has 0 aromatic rings. The maximum Gasteiger partial charge on any atom is 0.0264 e. The molecule has 0 heteroatoms. The van der Waals surface area contributed by atoms with Gasteiger partial charge in [0.25, 0.3) is 0 Å². The molecular weight excluding hydrogens is 48.0 g/mol. The molecule has 0 aromatic heterocycles. The standard InChI is InChI=1S/C4H10/c1-3-4-2/h3-4H2,1-2H3/i1D3,2D3,3D2,4D2. The summed E-state index contributed by atoms with van der Waals surface area (Å²) in [7, 11) is 0. The molecule has 26 valence electrons. The van der Waals surface area contributed by atoms with Crippen LogP contribution in [-0.2, 0) is 0 Å². The molecule has 0 unspecified atom stereocenters. The Hall–Kier alpha value is 0. The molecule has 0 fully saturated rings. The summed E-state index contributed by atoms with van der Waals surface area (Å²) in [6.07, 6.45) is -6.82. The van der Waals surface area contributed by atoms with Crippen LogP contribution in [0.2, 0.25) is 0 Å². The molecule has 0 radical (unpaired) electrons. The molecule has 0 aliphatic carbocycles. The van der Waals surface area contributed by atoms with Gasteiger partial charge in [0.1, 0.15) is 0 Å². The summed E-state index contributed by atoms with van der Waals surface area (Å²) in [5.74, 6) is 0. The van der Waals surface area contributed by atoms with Crippen LogP contribution in [0.4, 0.5) is 0 Å². The molecule has 0 aromatic carbocycles. The predicted molar refractivity (Wildman–Crippen MR) is 20.6 cm³/mol. The smallest absolute Gasteiger partial charge is 0.0264 e. The molecule has 0 aliphatic heterocycles. The minimum Gasteiger partial charge on any atom is -0.0654 e. The first-order valence-electron chi connectivity index (χ1n) is 5.75. The van der Waals surface area contributed by atoms with Crippen molar-refractivity contribution in [2.75, 3.05) is 0 Å². The first-order chi connectivity index (χ1) is 5.75. The first kappa shape index (κ1) is 0.213. The lowest BCUT2D eigenvalue weighted by atomic mass is 10.4. The number of hydrogen-bond acceptors (Lipinski definition) is 0. The minimum absolute atomic E-state index is 3.31. The van der Waals surface area contributed by atoms with Gasteiger partial charge in [0, 0.05) is 13.7 Å². The Kier molecular flexibility index (Phi) is 0.160. The summed E-state index contributed by atoms with van der Waals surface area (Å²) in [6.45, 7) is -6.63. The zero-order valence-corrected chi connectivity index (χ0v) is 2.00. The topological polar surface area (TPSA) is 0 Å². The maximum absolute atomic E-state index is 7.01. The fourth-order valence-corrected chi connectivity index (χ4v) is 0. The summed E-state index contributed by atoms with van der Waals surface area (Å²) in [6, 6.07) is 0. The summed E-state index contributed by atoms with van der Waals surface area (Å²) in [4.78, 5) is 0. The second kappa shape index (κ2) is 3.00. The third-order valence-corrected chi connectivity index (χ3v) is 0.0625. The van der Waals surface area contributed by atoms with Crippen molar-refractivity contribution < 1.29 is 13.7 Å². The van der Waals surface area contributed by atoms with Gasteiger partial charge in [-0.25, -0.2) is 0 Å². The monoisotopic (exact) mass is 68.1 g/mol. The summed E-state index contributed by atoms with van der Waals surface area (Å²) < 4.78 is 68.5. The largest absolute Gasteiger partial charge is 0.0654 e. The Bertz CT molecular complexity index is 181. The van der Waals surface area contributed by atoms with Crippen LogP contribution in [0.15, 0.2) is 0 Å². The fourth-order valence-electron chi connectivity index (χ4n) is 0. The van der Waals surface area contributed by atoms with Gasteiger partial charge in [-0.2, -0.15) is 0 Å². The molecule has 0 saturated carbocycles. The Balaban J connectivity index is 5.30. The Morgan fingerprint density at radius 1 is 1.75 bits per heavy atom. The highest BCUT2D eigenvalue weighted by molar-refractivity contribution is 4.12. The van der Waals surface area contributed by atoms with Gasteiger partial charge in [0.2, 0.25) is 0 Å². The molecule has 0 N–H and O–H groups in total. The van der Waals surface area contributed by atoms with E-state index in [0.717, 1.165) is 0 Å². The van der Waals surface area contributed by atoms with Gasteiger partial charge in [0.15, 0.2) is 0 Å². The van der Waals surface area contributed by atoms with Gasteiger partial charge >= 0.3 is 0 Å². The van der Waals surface area contributed by atoms with Crippen LogP contribution in [0, 0.1) is 0 Å². The van der Waals surface area contributed by atoms with E-state index in [1.807, 2.05) is 0 Å². The quantitative estimate of drug-likeness (QED) is 0.439. The van der Waals surface area contributed by atoms with Crippen LogP contribution in [0.3, 0.4) is 0 Å². The van der Waals surface area contributed by atoms with Crippen LogP contribution in [-0.4, -0.2) is 0 Å². The van der Waals surface area contributed by atoms with Gasteiger partial charge in [0.05, 0.1) is 0 Å². The van der Waals surface area contributed by atoms with Crippen molar-refractivity contribution in [2.24, 2.45) is 0 Å². The lowest BCUT2D eigenvalue weighted by molar-refractivity contribution is 0.886. The first-order valence-corrected chi connectivity index (χ1v) is 0.750. The molecule has 0 rings (SSSR count). The van der Waals surface area contributed by atoms with E-state index in [1.165, 1.54) is 0 Å². The second-order valence-electron chi connectivity index (χ2n) is 0.250. The average Bonchev–Trinajstić information content (AvgIpc) is 1.81. The van der Waals surface area contributed by atoms with Crippen LogP contribution in [0.25, 0.3) is 0 Å². The molecular formula is C4H10. The van der Waals surface area contributed by atoms with Gasteiger partial charge < -0.3 is 0 Å². The van der Waals surface area contributed by atoms with E-state index in [4.69, 9.17) is 13.7 Å². The lowest BCUT2D eigenvalue weighted by Crippen LogP contribution is -1.47. The highest BCUT2D eigenvalue weighted by Gasteiger charge is 1.56. The molecule has 0 aliphatic rings. The van der Waals surface area contributed by atoms with Crippen molar-refractivity contribution in [1.29, 1.82) is 0 Å². The molecule has 0 nitrogen and oxygen atoms in total. The average molecular weight is 68.2 g/mol. The van der Waals surface area contributed by atoms with Crippen LogP contribution < -0.4 is 0 Å². The predicted octanol–water partition coefficient (Wildman–Crippen LogP) is 1.81. The van der Waals surface area contributed by atoms with E-state index in [2.05, 4.69) is 0 Å². The molecule has 0 spiro atoms. The molecule has 4 heavy (non-hydrogen) atoms. The number of rotatable bonds is 1. The van der Waals surface area contributed by atoms with Gasteiger partial charge in [-0.1, -0.05) is 26.4 Å². The van der Waals surface area contributed by atoms with E-state index in [-0.39, 0.29) is 0 Å². The Morgan fingerprint density at radius 2 is 2.25 bits per heavy atom. The van der Waals surface area contributed by atoms with Crippen molar-refractivity contribution in [3.8, 4) is 0 Å². The zero-order valence-electron chi connectivity index (χ0n) is 12.0. The summed E-state index contributed by atoms with van der Waals surface area (Å²) in [5.41, 5.74) is 0. The van der Waals surface area contributed by atoms with Crippen molar-refractivity contribution >= 4 is 0 Å². The highest BCUT2D eigenvalue weighted by atomic mass is 13.6. The Morgan fingerprint density at radius 3 is 2.50 bits per heavy atom. The van der Waals surface area contributed by atoms with Crippen molar-refractivity contribution in [3.63, 3.8) is 0 Å². The van der Waals surface area contributed by atoms with Crippen LogP contribution in [0.5, 0.6) is 0 Å². The third kappa shape index (κ3) is 2.00. The molecule has 0 saturated heterocycles. The van der Waals surface area contributed by atoms with Crippen molar-refractivity contribution in [3.05, 3.63) is 0 Å². The highest BCUT2D eigenvalue weighted by Crippen LogP contribution is 1.76.